The lowest BCUT2D eigenvalue weighted by Crippen LogP contribution is -2.33. The van der Waals surface area contributed by atoms with E-state index in [-0.39, 0.29) is 16.7 Å². The Kier molecular flexibility index (Phi) is 3.32. The molecule has 25 heavy (non-hydrogen) atoms. The Bertz CT molecular complexity index is 1020. The quantitative estimate of drug-likeness (QED) is 0.674. The van der Waals surface area contributed by atoms with Crippen molar-refractivity contribution in [3.05, 3.63) is 77.0 Å². The molecule has 0 unspecified atom stereocenters. The maximum absolute atomic E-state index is 12.7. The minimum Gasteiger partial charge on any atom is -0.324 e. The van der Waals surface area contributed by atoms with Crippen LogP contribution in [0.15, 0.2) is 54.7 Å². The molecule has 2 aromatic carbocycles. The second-order valence-corrected chi connectivity index (χ2v) is 5.66. The Morgan fingerprint density at radius 3 is 2.24 bits per heavy atom. The number of carbonyl (C=O) groups is 3. The lowest BCUT2D eigenvalue weighted by atomic mass is 10.1. The van der Waals surface area contributed by atoms with Crippen molar-refractivity contribution >= 4 is 28.7 Å². The van der Waals surface area contributed by atoms with Gasteiger partial charge in [0.2, 0.25) is 0 Å². The first kappa shape index (κ1) is 15.0. The van der Waals surface area contributed by atoms with E-state index in [2.05, 4.69) is 4.98 Å². The SMILES string of the molecule is Cc1cnc2ccccc2c1C(=O)ON1C(=O)c2ccccc2C1=O. The van der Waals surface area contributed by atoms with Crippen molar-refractivity contribution in [2.24, 2.45) is 0 Å². The molecule has 0 atom stereocenters. The van der Waals surface area contributed by atoms with Gasteiger partial charge in [-0.1, -0.05) is 35.4 Å². The number of fused-ring (bicyclic) bond motifs is 2. The van der Waals surface area contributed by atoms with Crippen LogP contribution in [0, 0.1) is 6.92 Å². The number of rotatable bonds is 2. The Morgan fingerprint density at radius 2 is 1.56 bits per heavy atom. The number of benzene rings is 2. The molecular weight excluding hydrogens is 320 g/mol. The second-order valence-electron chi connectivity index (χ2n) is 5.66. The standard InChI is InChI=1S/C19H12N2O4/c1-11-10-20-15-9-5-4-8-14(15)16(11)19(24)25-21-17(22)12-6-2-3-7-13(12)18(21)23/h2-10H,1H3. The van der Waals surface area contributed by atoms with Gasteiger partial charge >= 0.3 is 5.97 Å². The first-order valence-electron chi connectivity index (χ1n) is 7.62. The van der Waals surface area contributed by atoms with Crippen LogP contribution in [0.2, 0.25) is 0 Å². The highest BCUT2D eigenvalue weighted by Crippen LogP contribution is 2.25. The van der Waals surface area contributed by atoms with Crippen LogP contribution in [0.25, 0.3) is 10.9 Å². The first-order valence-corrected chi connectivity index (χ1v) is 7.62. The third-order valence-electron chi connectivity index (χ3n) is 4.10. The molecule has 6 heteroatoms. The van der Waals surface area contributed by atoms with Crippen LogP contribution in [-0.2, 0) is 4.84 Å². The number of imide groups is 1. The summed E-state index contributed by atoms with van der Waals surface area (Å²) in [6.45, 7) is 1.72. The topological polar surface area (TPSA) is 76.6 Å². The molecule has 0 spiro atoms. The van der Waals surface area contributed by atoms with Crippen molar-refractivity contribution in [2.45, 2.75) is 6.92 Å². The molecule has 2 amide bonds. The van der Waals surface area contributed by atoms with Gasteiger partial charge in [-0.3, -0.25) is 14.6 Å². The predicted octanol–water partition coefficient (Wildman–Crippen LogP) is 2.91. The lowest BCUT2D eigenvalue weighted by molar-refractivity contribution is -0.0583. The van der Waals surface area contributed by atoms with E-state index in [1.165, 1.54) is 12.1 Å². The zero-order valence-corrected chi connectivity index (χ0v) is 13.2. The van der Waals surface area contributed by atoms with Gasteiger partial charge < -0.3 is 4.84 Å². The minimum absolute atomic E-state index is 0.219. The fraction of sp³-hybridized carbons (Fsp3) is 0.0526. The number of pyridine rings is 1. The van der Waals surface area contributed by atoms with E-state index in [9.17, 15) is 14.4 Å². The molecule has 6 nitrogen and oxygen atoms in total. The molecule has 0 bridgehead atoms. The highest BCUT2D eigenvalue weighted by Gasteiger charge is 2.39. The highest BCUT2D eigenvalue weighted by atomic mass is 16.7. The van der Waals surface area contributed by atoms with E-state index in [4.69, 9.17) is 4.84 Å². The summed E-state index contributed by atoms with van der Waals surface area (Å²) in [6, 6.07) is 13.5. The second kappa shape index (κ2) is 5.52. The van der Waals surface area contributed by atoms with Crippen LogP contribution in [0.5, 0.6) is 0 Å². The maximum Gasteiger partial charge on any atom is 0.364 e. The number of amides is 2. The number of para-hydroxylation sites is 1. The summed E-state index contributed by atoms with van der Waals surface area (Å²) in [5, 5.41) is 1.12. The number of nitrogens with zero attached hydrogens (tertiary/aromatic N) is 2. The molecule has 0 saturated heterocycles. The fourth-order valence-corrected chi connectivity index (χ4v) is 2.89. The largest absolute Gasteiger partial charge is 0.364 e. The number of hydroxylamine groups is 2. The Morgan fingerprint density at radius 1 is 0.960 bits per heavy atom. The van der Waals surface area contributed by atoms with Crippen LogP contribution >= 0.6 is 0 Å². The average Bonchev–Trinajstić information content (AvgIpc) is 2.87. The van der Waals surface area contributed by atoms with E-state index in [1.54, 1.807) is 43.5 Å². The van der Waals surface area contributed by atoms with Crippen LogP contribution in [0.1, 0.15) is 36.6 Å². The third-order valence-corrected chi connectivity index (χ3v) is 4.10. The average molecular weight is 332 g/mol. The molecule has 0 radical (unpaired) electrons. The Balaban J connectivity index is 1.72. The summed E-state index contributed by atoms with van der Waals surface area (Å²) in [4.78, 5) is 46.8. The van der Waals surface area contributed by atoms with Crippen molar-refractivity contribution in [3.8, 4) is 0 Å². The summed E-state index contributed by atoms with van der Waals surface area (Å²) in [6.07, 6.45) is 1.56. The number of aromatic nitrogens is 1. The van der Waals surface area contributed by atoms with Crippen LogP contribution in [0.4, 0.5) is 0 Å². The molecule has 0 saturated carbocycles. The zero-order chi connectivity index (χ0) is 17.6. The number of aryl methyl sites for hydroxylation is 1. The monoisotopic (exact) mass is 332 g/mol. The number of hydrogen-bond acceptors (Lipinski definition) is 5. The summed E-state index contributed by atoms with van der Waals surface area (Å²) >= 11 is 0. The van der Waals surface area contributed by atoms with Crippen molar-refractivity contribution < 1.29 is 19.2 Å². The van der Waals surface area contributed by atoms with E-state index in [1.807, 2.05) is 6.07 Å². The zero-order valence-electron chi connectivity index (χ0n) is 13.2. The van der Waals surface area contributed by atoms with Crippen LogP contribution < -0.4 is 0 Å². The Labute approximate surface area is 142 Å². The smallest absolute Gasteiger partial charge is 0.324 e. The molecular formula is C19H12N2O4. The van der Waals surface area contributed by atoms with Gasteiger partial charge in [0.05, 0.1) is 22.2 Å². The van der Waals surface area contributed by atoms with Gasteiger partial charge in [-0.15, -0.1) is 0 Å². The van der Waals surface area contributed by atoms with Crippen molar-refractivity contribution in [1.29, 1.82) is 0 Å². The number of hydrogen-bond donors (Lipinski definition) is 0. The summed E-state index contributed by atoms with van der Waals surface area (Å²) in [7, 11) is 0. The summed E-state index contributed by atoms with van der Waals surface area (Å²) in [5.41, 5.74) is 1.94. The summed E-state index contributed by atoms with van der Waals surface area (Å²) < 4.78 is 0. The van der Waals surface area contributed by atoms with Gasteiger partial charge in [-0.25, -0.2) is 4.79 Å². The molecule has 1 aliphatic rings. The minimum atomic E-state index is -0.773. The molecule has 122 valence electrons. The first-order chi connectivity index (χ1) is 12.1. The van der Waals surface area contributed by atoms with Crippen LogP contribution in [-0.4, -0.2) is 27.8 Å². The van der Waals surface area contributed by atoms with E-state index < -0.39 is 17.8 Å². The molecule has 0 fully saturated rings. The van der Waals surface area contributed by atoms with Crippen molar-refractivity contribution in [3.63, 3.8) is 0 Å². The van der Waals surface area contributed by atoms with Gasteiger partial charge in [-0.2, -0.15) is 0 Å². The van der Waals surface area contributed by atoms with E-state index >= 15 is 0 Å². The molecule has 2 heterocycles. The van der Waals surface area contributed by atoms with Gasteiger partial charge in [-0.05, 0) is 30.7 Å². The Hall–Kier alpha value is -3.54. The highest BCUT2D eigenvalue weighted by molar-refractivity contribution is 6.21. The molecule has 4 rings (SSSR count). The summed E-state index contributed by atoms with van der Waals surface area (Å²) in [5.74, 6) is -2.07. The molecule has 0 aliphatic carbocycles. The molecule has 1 aliphatic heterocycles. The van der Waals surface area contributed by atoms with Gasteiger partial charge in [0.25, 0.3) is 11.8 Å². The predicted molar refractivity (Wildman–Crippen MR) is 88.8 cm³/mol. The van der Waals surface area contributed by atoms with Gasteiger partial charge in [0, 0.05) is 11.6 Å². The van der Waals surface area contributed by atoms with E-state index in [0.29, 0.717) is 21.5 Å². The number of carbonyl (C=O) groups excluding carboxylic acids is 3. The van der Waals surface area contributed by atoms with Crippen molar-refractivity contribution in [1.82, 2.24) is 10.0 Å². The third kappa shape index (κ3) is 2.27. The molecule has 1 aromatic heterocycles. The van der Waals surface area contributed by atoms with E-state index in [0.717, 1.165) is 0 Å². The van der Waals surface area contributed by atoms with Gasteiger partial charge in [0.15, 0.2) is 0 Å². The normalized spacial score (nSPS) is 13.2. The molecule has 0 N–H and O–H groups in total. The fourth-order valence-electron chi connectivity index (χ4n) is 2.89. The van der Waals surface area contributed by atoms with Crippen LogP contribution in [0.3, 0.4) is 0 Å². The van der Waals surface area contributed by atoms with Gasteiger partial charge in [0.1, 0.15) is 0 Å². The molecule has 3 aromatic rings. The van der Waals surface area contributed by atoms with Crippen molar-refractivity contribution in [2.75, 3.05) is 0 Å². The lowest BCUT2D eigenvalue weighted by Gasteiger charge is -2.14. The maximum atomic E-state index is 12.7.